The van der Waals surface area contributed by atoms with E-state index in [1.165, 1.54) is 0 Å². The first kappa shape index (κ1) is 17.1. The minimum Gasteiger partial charge on any atom is -0.497 e. The third-order valence-electron chi connectivity index (χ3n) is 4.75. The fraction of sp³-hybridized carbons (Fsp3) is 0.444. The summed E-state index contributed by atoms with van der Waals surface area (Å²) in [5.41, 5.74) is 1.28. The number of aromatic amines is 1. The van der Waals surface area contributed by atoms with E-state index in [1.54, 1.807) is 32.2 Å². The molecule has 2 N–H and O–H groups in total. The van der Waals surface area contributed by atoms with E-state index in [9.17, 15) is 9.59 Å². The van der Waals surface area contributed by atoms with Crippen LogP contribution in [0.25, 0.3) is 10.9 Å². The number of nitrogens with one attached hydrogen (secondary N) is 2. The van der Waals surface area contributed by atoms with Gasteiger partial charge in [-0.25, -0.2) is 0 Å². The number of benzene rings is 1. The molecule has 2 heterocycles. The van der Waals surface area contributed by atoms with Crippen LogP contribution in [-0.2, 0) is 4.79 Å². The van der Waals surface area contributed by atoms with Gasteiger partial charge in [-0.1, -0.05) is 0 Å². The highest BCUT2D eigenvalue weighted by Gasteiger charge is 2.28. The Morgan fingerprint density at radius 2 is 1.88 bits per heavy atom. The standard InChI is InChI=1S/C18H23N3O4/c1-19-17(22)11-4-6-21(7-5-11)18(23)14-9-12-8-13(24-2)10-15(25-3)16(12)20-14/h8-11,20H,4-7H2,1-3H3,(H,19,22). The molecule has 1 aliphatic rings. The molecule has 0 bridgehead atoms. The first-order valence-corrected chi connectivity index (χ1v) is 8.33. The van der Waals surface area contributed by atoms with Gasteiger partial charge >= 0.3 is 0 Å². The maximum absolute atomic E-state index is 12.8. The summed E-state index contributed by atoms with van der Waals surface area (Å²) in [7, 11) is 4.82. The van der Waals surface area contributed by atoms with Crippen LogP contribution >= 0.6 is 0 Å². The van der Waals surface area contributed by atoms with Gasteiger partial charge in [0.25, 0.3) is 5.91 Å². The molecule has 1 fully saturated rings. The summed E-state index contributed by atoms with van der Waals surface area (Å²) in [5.74, 6) is 1.28. The van der Waals surface area contributed by atoms with Crippen molar-refractivity contribution in [1.82, 2.24) is 15.2 Å². The van der Waals surface area contributed by atoms with Crippen LogP contribution in [-0.4, -0.2) is 56.1 Å². The van der Waals surface area contributed by atoms with Gasteiger partial charge in [-0.15, -0.1) is 0 Å². The molecule has 2 amide bonds. The first-order chi connectivity index (χ1) is 12.1. The molecule has 1 aliphatic heterocycles. The lowest BCUT2D eigenvalue weighted by Gasteiger charge is -2.30. The van der Waals surface area contributed by atoms with Crippen LogP contribution in [0.3, 0.4) is 0 Å². The zero-order valence-electron chi connectivity index (χ0n) is 14.7. The second kappa shape index (κ2) is 7.04. The number of methoxy groups -OCH3 is 2. The Hall–Kier alpha value is -2.70. The quantitative estimate of drug-likeness (QED) is 0.885. The fourth-order valence-electron chi connectivity index (χ4n) is 3.30. The first-order valence-electron chi connectivity index (χ1n) is 8.33. The van der Waals surface area contributed by atoms with Gasteiger partial charge in [0.05, 0.1) is 19.7 Å². The highest BCUT2D eigenvalue weighted by molar-refractivity contribution is 6.00. The number of ether oxygens (including phenoxy) is 2. The Bertz CT molecular complexity index is 791. The summed E-state index contributed by atoms with van der Waals surface area (Å²) in [6.07, 6.45) is 1.37. The number of carbonyl (C=O) groups excluding carboxylic acids is 2. The molecule has 134 valence electrons. The normalized spacial score (nSPS) is 15.2. The summed E-state index contributed by atoms with van der Waals surface area (Å²) >= 11 is 0. The summed E-state index contributed by atoms with van der Waals surface area (Å²) in [6.45, 7) is 1.15. The van der Waals surface area contributed by atoms with Gasteiger partial charge in [0, 0.05) is 37.5 Å². The lowest BCUT2D eigenvalue weighted by atomic mass is 9.96. The lowest BCUT2D eigenvalue weighted by Crippen LogP contribution is -2.42. The zero-order valence-corrected chi connectivity index (χ0v) is 14.7. The number of hydrogen-bond acceptors (Lipinski definition) is 4. The largest absolute Gasteiger partial charge is 0.497 e. The maximum Gasteiger partial charge on any atom is 0.270 e. The Morgan fingerprint density at radius 3 is 2.48 bits per heavy atom. The number of fused-ring (bicyclic) bond motifs is 1. The number of carbonyl (C=O) groups is 2. The molecular formula is C18H23N3O4. The van der Waals surface area contributed by atoms with Gasteiger partial charge in [-0.05, 0) is 25.0 Å². The van der Waals surface area contributed by atoms with E-state index in [2.05, 4.69) is 10.3 Å². The van der Waals surface area contributed by atoms with Crippen molar-refractivity contribution in [3.8, 4) is 11.5 Å². The topological polar surface area (TPSA) is 83.7 Å². The third-order valence-corrected chi connectivity index (χ3v) is 4.75. The van der Waals surface area contributed by atoms with Crippen LogP contribution in [0.1, 0.15) is 23.3 Å². The van der Waals surface area contributed by atoms with E-state index in [0.29, 0.717) is 43.1 Å². The average molecular weight is 345 g/mol. The highest BCUT2D eigenvalue weighted by Crippen LogP contribution is 2.31. The number of amides is 2. The molecule has 2 aromatic rings. The van der Waals surface area contributed by atoms with Gasteiger partial charge in [-0.3, -0.25) is 9.59 Å². The molecule has 1 saturated heterocycles. The SMILES string of the molecule is CNC(=O)C1CCN(C(=O)c2cc3cc(OC)cc(OC)c3[nH]2)CC1. The van der Waals surface area contributed by atoms with Crippen LogP contribution < -0.4 is 14.8 Å². The Morgan fingerprint density at radius 1 is 1.16 bits per heavy atom. The van der Waals surface area contributed by atoms with Crippen molar-refractivity contribution >= 4 is 22.7 Å². The molecule has 0 spiro atoms. The molecule has 0 aliphatic carbocycles. The van der Waals surface area contributed by atoms with Crippen molar-refractivity contribution in [3.05, 3.63) is 23.9 Å². The molecule has 0 radical (unpaired) electrons. The molecular weight excluding hydrogens is 322 g/mol. The predicted molar refractivity (Wildman–Crippen MR) is 94.1 cm³/mol. The minimum absolute atomic E-state index is 0.0129. The number of piperidine rings is 1. The Labute approximate surface area is 146 Å². The summed E-state index contributed by atoms with van der Waals surface area (Å²) < 4.78 is 10.6. The van der Waals surface area contributed by atoms with Crippen molar-refractivity contribution in [1.29, 1.82) is 0 Å². The predicted octanol–water partition coefficient (Wildman–Crippen LogP) is 1.78. The molecule has 25 heavy (non-hydrogen) atoms. The van der Waals surface area contributed by atoms with Crippen LogP contribution in [0.15, 0.2) is 18.2 Å². The van der Waals surface area contributed by atoms with Gasteiger partial charge < -0.3 is 24.7 Å². The second-order valence-corrected chi connectivity index (χ2v) is 6.16. The van der Waals surface area contributed by atoms with Crippen molar-refractivity contribution in [2.45, 2.75) is 12.8 Å². The zero-order chi connectivity index (χ0) is 18.0. The molecule has 1 aromatic carbocycles. The number of rotatable bonds is 4. The van der Waals surface area contributed by atoms with E-state index in [4.69, 9.17) is 9.47 Å². The van der Waals surface area contributed by atoms with Crippen molar-refractivity contribution in [2.24, 2.45) is 5.92 Å². The number of nitrogens with zero attached hydrogens (tertiary/aromatic N) is 1. The van der Waals surface area contributed by atoms with E-state index in [1.807, 2.05) is 12.1 Å². The van der Waals surface area contributed by atoms with E-state index in [0.717, 1.165) is 10.9 Å². The van der Waals surface area contributed by atoms with E-state index in [-0.39, 0.29) is 17.7 Å². The summed E-state index contributed by atoms with van der Waals surface area (Å²) in [4.78, 5) is 29.4. The highest BCUT2D eigenvalue weighted by atomic mass is 16.5. The number of likely N-dealkylation sites (tertiary alicyclic amines) is 1. The summed E-state index contributed by atoms with van der Waals surface area (Å²) in [5, 5.41) is 3.54. The van der Waals surface area contributed by atoms with Crippen LogP contribution in [0.5, 0.6) is 11.5 Å². The second-order valence-electron chi connectivity index (χ2n) is 6.16. The van der Waals surface area contributed by atoms with Crippen LogP contribution in [0.2, 0.25) is 0 Å². The fourth-order valence-corrected chi connectivity index (χ4v) is 3.30. The summed E-state index contributed by atoms with van der Waals surface area (Å²) in [6, 6.07) is 5.46. The average Bonchev–Trinajstić information content (AvgIpc) is 3.10. The van der Waals surface area contributed by atoms with Crippen molar-refractivity contribution < 1.29 is 19.1 Å². The molecule has 7 nitrogen and oxygen atoms in total. The smallest absolute Gasteiger partial charge is 0.270 e. The van der Waals surface area contributed by atoms with E-state index >= 15 is 0 Å². The molecule has 0 saturated carbocycles. The van der Waals surface area contributed by atoms with Crippen LogP contribution in [0.4, 0.5) is 0 Å². The minimum atomic E-state index is -0.0624. The van der Waals surface area contributed by atoms with Gasteiger partial charge in [0.2, 0.25) is 5.91 Å². The molecule has 1 aromatic heterocycles. The molecule has 7 heteroatoms. The third kappa shape index (κ3) is 3.26. The van der Waals surface area contributed by atoms with Crippen LogP contribution in [0, 0.1) is 5.92 Å². The lowest BCUT2D eigenvalue weighted by molar-refractivity contribution is -0.125. The molecule has 0 atom stereocenters. The number of H-pyrrole nitrogens is 1. The van der Waals surface area contributed by atoms with Gasteiger partial charge in [0.1, 0.15) is 17.2 Å². The van der Waals surface area contributed by atoms with Crippen molar-refractivity contribution in [3.63, 3.8) is 0 Å². The Kier molecular flexibility index (Phi) is 4.83. The Balaban J connectivity index is 1.80. The molecule has 0 unspecified atom stereocenters. The number of aromatic nitrogens is 1. The van der Waals surface area contributed by atoms with Gasteiger partial charge in [-0.2, -0.15) is 0 Å². The monoisotopic (exact) mass is 345 g/mol. The van der Waals surface area contributed by atoms with Gasteiger partial charge in [0.15, 0.2) is 0 Å². The van der Waals surface area contributed by atoms with E-state index < -0.39 is 0 Å². The number of hydrogen-bond donors (Lipinski definition) is 2. The molecule has 3 rings (SSSR count). The van der Waals surface area contributed by atoms with Crippen molar-refractivity contribution in [2.75, 3.05) is 34.4 Å². The maximum atomic E-state index is 12.8.